The maximum Gasteiger partial charge on any atom is 0.218 e. The van der Waals surface area contributed by atoms with Crippen LogP contribution in [0.2, 0.25) is 0 Å². The summed E-state index contributed by atoms with van der Waals surface area (Å²) in [5, 5.41) is 3.48. The van der Waals surface area contributed by atoms with Crippen molar-refractivity contribution in [3.8, 4) is 5.88 Å². The van der Waals surface area contributed by atoms with Gasteiger partial charge in [0.1, 0.15) is 0 Å². The van der Waals surface area contributed by atoms with Gasteiger partial charge in [-0.1, -0.05) is 33.8 Å². The van der Waals surface area contributed by atoms with E-state index in [1.807, 2.05) is 6.07 Å². The van der Waals surface area contributed by atoms with Crippen LogP contribution in [-0.2, 0) is 0 Å². The van der Waals surface area contributed by atoms with E-state index in [-0.39, 0.29) is 6.04 Å². The molecule has 1 N–H and O–H groups in total. The van der Waals surface area contributed by atoms with Crippen LogP contribution >= 0.6 is 0 Å². The van der Waals surface area contributed by atoms with E-state index in [1.54, 1.807) is 6.20 Å². The van der Waals surface area contributed by atoms with Gasteiger partial charge in [-0.25, -0.2) is 4.98 Å². The first-order chi connectivity index (χ1) is 8.94. The zero-order valence-corrected chi connectivity index (χ0v) is 13.0. The van der Waals surface area contributed by atoms with E-state index in [4.69, 9.17) is 4.74 Å². The molecule has 1 unspecified atom stereocenters. The number of pyridine rings is 1. The highest BCUT2D eigenvalue weighted by molar-refractivity contribution is 5.28. The van der Waals surface area contributed by atoms with Gasteiger partial charge < -0.3 is 10.1 Å². The molecule has 108 valence electrons. The van der Waals surface area contributed by atoms with Crippen LogP contribution in [0.25, 0.3) is 0 Å². The van der Waals surface area contributed by atoms with Crippen molar-refractivity contribution in [2.24, 2.45) is 5.41 Å². The minimum Gasteiger partial charge on any atom is -0.477 e. The Morgan fingerprint density at radius 2 is 2.11 bits per heavy atom. The zero-order valence-electron chi connectivity index (χ0n) is 13.0. The highest BCUT2D eigenvalue weighted by Gasteiger charge is 2.14. The molecule has 0 aliphatic rings. The predicted molar refractivity (Wildman–Crippen MR) is 80.5 cm³/mol. The molecule has 1 heterocycles. The second-order valence-corrected chi connectivity index (χ2v) is 6.23. The third kappa shape index (κ3) is 6.06. The molecule has 3 nitrogen and oxygen atoms in total. The van der Waals surface area contributed by atoms with Gasteiger partial charge in [0.05, 0.1) is 6.61 Å². The standard InChI is InChI=1S/C16H28N2O/c1-6-10-17-13(2)14-8-7-11-18-15(14)19-12-9-16(3,4)5/h7-8,11,13,17H,6,9-10,12H2,1-5H3. The van der Waals surface area contributed by atoms with E-state index in [2.05, 4.69) is 51.0 Å². The summed E-state index contributed by atoms with van der Waals surface area (Å²) in [4.78, 5) is 4.37. The number of rotatable bonds is 7. The van der Waals surface area contributed by atoms with Crippen LogP contribution in [0, 0.1) is 5.41 Å². The Hall–Kier alpha value is -1.09. The van der Waals surface area contributed by atoms with Gasteiger partial charge in [0, 0.05) is 17.8 Å². The molecular weight excluding hydrogens is 236 g/mol. The van der Waals surface area contributed by atoms with Crippen molar-refractivity contribution in [1.29, 1.82) is 0 Å². The summed E-state index contributed by atoms with van der Waals surface area (Å²) in [7, 11) is 0. The number of aromatic nitrogens is 1. The van der Waals surface area contributed by atoms with Crippen LogP contribution in [0.15, 0.2) is 18.3 Å². The SMILES string of the molecule is CCCNC(C)c1cccnc1OCCC(C)(C)C. The molecule has 1 rings (SSSR count). The number of hydrogen-bond acceptors (Lipinski definition) is 3. The van der Waals surface area contributed by atoms with Crippen molar-refractivity contribution in [3.05, 3.63) is 23.9 Å². The first-order valence-corrected chi connectivity index (χ1v) is 7.25. The Balaban J connectivity index is 2.62. The first-order valence-electron chi connectivity index (χ1n) is 7.25. The molecule has 1 aromatic heterocycles. The first kappa shape index (κ1) is 16.0. The number of hydrogen-bond donors (Lipinski definition) is 1. The third-order valence-electron chi connectivity index (χ3n) is 3.06. The van der Waals surface area contributed by atoms with Crippen molar-refractivity contribution in [2.45, 2.75) is 53.5 Å². The van der Waals surface area contributed by atoms with Gasteiger partial charge >= 0.3 is 0 Å². The van der Waals surface area contributed by atoms with Crippen LogP contribution < -0.4 is 10.1 Å². The molecule has 1 atom stereocenters. The Bertz CT molecular complexity index is 371. The van der Waals surface area contributed by atoms with Gasteiger partial charge in [0.2, 0.25) is 5.88 Å². The molecule has 0 saturated heterocycles. The second kappa shape index (κ2) is 7.49. The second-order valence-electron chi connectivity index (χ2n) is 6.23. The summed E-state index contributed by atoms with van der Waals surface area (Å²) in [5.74, 6) is 0.767. The van der Waals surface area contributed by atoms with Crippen LogP contribution in [0.3, 0.4) is 0 Å². The van der Waals surface area contributed by atoms with E-state index in [9.17, 15) is 0 Å². The Morgan fingerprint density at radius 3 is 2.74 bits per heavy atom. The number of ether oxygens (including phenoxy) is 1. The summed E-state index contributed by atoms with van der Waals surface area (Å²) in [6.45, 7) is 12.7. The minimum atomic E-state index is 0.276. The normalized spacial score (nSPS) is 13.3. The van der Waals surface area contributed by atoms with Gasteiger partial charge in [0.25, 0.3) is 0 Å². The highest BCUT2D eigenvalue weighted by atomic mass is 16.5. The Morgan fingerprint density at radius 1 is 1.37 bits per heavy atom. The lowest BCUT2D eigenvalue weighted by Gasteiger charge is -2.20. The Labute approximate surface area is 117 Å². The summed E-state index contributed by atoms with van der Waals surface area (Å²) in [6, 6.07) is 4.33. The third-order valence-corrected chi connectivity index (χ3v) is 3.06. The number of nitrogens with zero attached hydrogens (tertiary/aromatic N) is 1. The zero-order chi connectivity index (χ0) is 14.3. The van der Waals surface area contributed by atoms with Crippen molar-refractivity contribution < 1.29 is 4.74 Å². The fourth-order valence-electron chi connectivity index (χ4n) is 1.78. The molecule has 19 heavy (non-hydrogen) atoms. The lowest BCUT2D eigenvalue weighted by Crippen LogP contribution is -2.20. The molecule has 0 bridgehead atoms. The van der Waals surface area contributed by atoms with Gasteiger partial charge in [-0.05, 0) is 37.8 Å². The minimum absolute atomic E-state index is 0.276. The topological polar surface area (TPSA) is 34.2 Å². The predicted octanol–water partition coefficient (Wildman–Crippen LogP) is 3.96. The van der Waals surface area contributed by atoms with E-state index in [0.717, 1.165) is 30.8 Å². The molecule has 1 aromatic rings. The van der Waals surface area contributed by atoms with E-state index in [1.165, 1.54) is 0 Å². The van der Waals surface area contributed by atoms with Crippen LogP contribution in [-0.4, -0.2) is 18.1 Å². The fourth-order valence-corrected chi connectivity index (χ4v) is 1.78. The van der Waals surface area contributed by atoms with Crippen molar-refractivity contribution in [3.63, 3.8) is 0 Å². The Kier molecular flexibility index (Phi) is 6.29. The quantitative estimate of drug-likeness (QED) is 0.809. The van der Waals surface area contributed by atoms with Gasteiger partial charge in [-0.2, -0.15) is 0 Å². The molecule has 3 heteroatoms. The van der Waals surface area contributed by atoms with Crippen LogP contribution in [0.4, 0.5) is 0 Å². The van der Waals surface area contributed by atoms with Gasteiger partial charge in [-0.3, -0.25) is 0 Å². The van der Waals surface area contributed by atoms with Gasteiger partial charge in [-0.15, -0.1) is 0 Å². The van der Waals surface area contributed by atoms with E-state index < -0.39 is 0 Å². The van der Waals surface area contributed by atoms with Crippen molar-refractivity contribution in [2.75, 3.05) is 13.2 Å². The number of nitrogens with one attached hydrogen (secondary N) is 1. The average Bonchev–Trinajstić information content (AvgIpc) is 2.35. The summed E-state index contributed by atoms with van der Waals surface area (Å²) in [6.07, 6.45) is 3.95. The molecule has 0 aromatic carbocycles. The molecule has 0 saturated carbocycles. The molecule has 0 aliphatic carbocycles. The van der Waals surface area contributed by atoms with Crippen LogP contribution in [0.1, 0.15) is 59.1 Å². The highest BCUT2D eigenvalue weighted by Crippen LogP contribution is 2.24. The van der Waals surface area contributed by atoms with Crippen molar-refractivity contribution in [1.82, 2.24) is 10.3 Å². The maximum absolute atomic E-state index is 5.86. The lowest BCUT2D eigenvalue weighted by molar-refractivity contribution is 0.233. The van der Waals surface area contributed by atoms with Crippen LogP contribution in [0.5, 0.6) is 5.88 Å². The molecule has 0 amide bonds. The molecular formula is C16H28N2O. The maximum atomic E-state index is 5.86. The molecule has 0 fully saturated rings. The van der Waals surface area contributed by atoms with E-state index in [0.29, 0.717) is 12.0 Å². The van der Waals surface area contributed by atoms with Crippen molar-refractivity contribution >= 4 is 0 Å². The summed E-state index contributed by atoms with van der Waals surface area (Å²) in [5.41, 5.74) is 1.44. The smallest absolute Gasteiger partial charge is 0.218 e. The lowest BCUT2D eigenvalue weighted by atomic mass is 9.93. The largest absolute Gasteiger partial charge is 0.477 e. The average molecular weight is 264 g/mol. The molecule has 0 aliphatic heterocycles. The van der Waals surface area contributed by atoms with E-state index >= 15 is 0 Å². The summed E-state index contributed by atoms with van der Waals surface area (Å²) < 4.78 is 5.86. The molecule has 0 radical (unpaired) electrons. The van der Waals surface area contributed by atoms with Gasteiger partial charge in [0.15, 0.2) is 0 Å². The monoisotopic (exact) mass is 264 g/mol. The summed E-state index contributed by atoms with van der Waals surface area (Å²) >= 11 is 0. The molecule has 0 spiro atoms. The fraction of sp³-hybridized carbons (Fsp3) is 0.688.